The predicted octanol–water partition coefficient (Wildman–Crippen LogP) is 2.79. The molecule has 1 aliphatic heterocycles. The number of ether oxygens (including phenoxy) is 1. The highest BCUT2D eigenvalue weighted by Crippen LogP contribution is 2.40. The molecule has 8 heteroatoms. The number of hydrogen-bond acceptors (Lipinski definition) is 7. The monoisotopic (exact) mass is 401 g/mol. The van der Waals surface area contributed by atoms with E-state index in [1.54, 1.807) is 11.6 Å². The van der Waals surface area contributed by atoms with E-state index in [-0.39, 0.29) is 11.9 Å². The minimum Gasteiger partial charge on any atom is -0.497 e. The number of piperazine rings is 1. The molecule has 3 heterocycles. The predicted molar refractivity (Wildman–Crippen MR) is 110 cm³/mol. The van der Waals surface area contributed by atoms with Gasteiger partial charge in [-0.25, -0.2) is 4.98 Å². The summed E-state index contributed by atoms with van der Waals surface area (Å²) in [5.74, 6) is 1.77. The molecule has 0 radical (unpaired) electrons. The van der Waals surface area contributed by atoms with Crippen LogP contribution in [0.4, 0.5) is 0 Å². The minimum absolute atomic E-state index is 0.0484. The highest BCUT2D eigenvalue weighted by Gasteiger charge is 2.31. The normalized spacial score (nSPS) is 17.2. The number of benzene rings is 1. The molecular weight excluding hydrogens is 374 g/mol. The number of aromatic nitrogens is 3. The summed E-state index contributed by atoms with van der Waals surface area (Å²) in [5.41, 5.74) is 1.11. The largest absolute Gasteiger partial charge is 0.497 e. The number of hydrogen-bond donors (Lipinski definition) is 1. The van der Waals surface area contributed by atoms with E-state index in [2.05, 4.69) is 38.9 Å². The Kier molecular flexibility index (Phi) is 5.52. The van der Waals surface area contributed by atoms with Gasteiger partial charge in [-0.2, -0.15) is 4.52 Å². The Labute approximate surface area is 169 Å². The van der Waals surface area contributed by atoms with Crippen molar-refractivity contribution < 1.29 is 9.84 Å². The number of likely N-dealkylation sites (N-methyl/N-ethyl adjacent to an activating group) is 1. The summed E-state index contributed by atoms with van der Waals surface area (Å²) < 4.78 is 7.03. The van der Waals surface area contributed by atoms with E-state index in [1.807, 2.05) is 19.1 Å². The zero-order chi connectivity index (χ0) is 19.7. The van der Waals surface area contributed by atoms with Crippen LogP contribution in [0.5, 0.6) is 11.6 Å². The molecule has 1 atom stereocenters. The first kappa shape index (κ1) is 19.2. The van der Waals surface area contributed by atoms with Gasteiger partial charge in [0, 0.05) is 32.6 Å². The van der Waals surface area contributed by atoms with Crippen LogP contribution >= 0.6 is 11.3 Å². The lowest BCUT2D eigenvalue weighted by atomic mass is 10.0. The Hall–Kier alpha value is -2.16. The summed E-state index contributed by atoms with van der Waals surface area (Å²) in [6.07, 6.45) is 0.751. The SMILES string of the molecule is CCc1nc2sc([C@@H](c3cccc(OC)c3)N3CCN(CC)CC3)c(O)n2n1. The summed E-state index contributed by atoms with van der Waals surface area (Å²) >= 11 is 1.52. The zero-order valence-electron chi connectivity index (χ0n) is 16.6. The number of nitrogens with zero attached hydrogens (tertiary/aromatic N) is 5. The Bertz CT molecular complexity index is 945. The topological polar surface area (TPSA) is 66.1 Å². The van der Waals surface area contributed by atoms with E-state index in [1.165, 1.54) is 11.3 Å². The second-order valence-electron chi connectivity index (χ2n) is 7.02. The van der Waals surface area contributed by atoms with Gasteiger partial charge in [0.25, 0.3) is 0 Å². The van der Waals surface area contributed by atoms with Crippen LogP contribution in [0.1, 0.15) is 36.2 Å². The molecule has 0 bridgehead atoms. The van der Waals surface area contributed by atoms with Crippen LogP contribution in [-0.2, 0) is 6.42 Å². The number of thiazole rings is 1. The average Bonchev–Trinajstić information content (AvgIpc) is 3.28. The van der Waals surface area contributed by atoms with Crippen molar-refractivity contribution in [1.82, 2.24) is 24.4 Å². The van der Waals surface area contributed by atoms with Gasteiger partial charge in [-0.3, -0.25) is 4.90 Å². The molecule has 7 nitrogen and oxygen atoms in total. The third-order valence-electron chi connectivity index (χ3n) is 5.44. The second kappa shape index (κ2) is 8.06. The van der Waals surface area contributed by atoms with Crippen molar-refractivity contribution in [3.63, 3.8) is 0 Å². The molecule has 1 aliphatic rings. The first-order chi connectivity index (χ1) is 13.6. The number of aromatic hydroxyl groups is 1. The summed E-state index contributed by atoms with van der Waals surface area (Å²) in [6.45, 7) is 9.23. The van der Waals surface area contributed by atoms with Gasteiger partial charge in [-0.15, -0.1) is 5.10 Å². The third kappa shape index (κ3) is 3.47. The van der Waals surface area contributed by atoms with E-state index in [4.69, 9.17) is 4.74 Å². The molecule has 1 saturated heterocycles. The Balaban J connectivity index is 1.76. The van der Waals surface area contributed by atoms with Crippen LogP contribution in [0.25, 0.3) is 4.96 Å². The maximum atomic E-state index is 11.0. The fourth-order valence-electron chi connectivity index (χ4n) is 3.80. The lowest BCUT2D eigenvalue weighted by Gasteiger charge is -2.38. The van der Waals surface area contributed by atoms with Crippen LogP contribution in [-0.4, -0.2) is 69.3 Å². The van der Waals surface area contributed by atoms with Gasteiger partial charge in [0.05, 0.1) is 18.0 Å². The molecule has 1 fully saturated rings. The van der Waals surface area contributed by atoms with Crippen molar-refractivity contribution in [2.24, 2.45) is 0 Å². The summed E-state index contributed by atoms with van der Waals surface area (Å²) in [5, 5.41) is 15.4. The van der Waals surface area contributed by atoms with Crippen molar-refractivity contribution >= 4 is 16.3 Å². The van der Waals surface area contributed by atoms with Gasteiger partial charge < -0.3 is 14.7 Å². The first-order valence-corrected chi connectivity index (χ1v) is 10.6. The number of rotatable bonds is 6. The minimum atomic E-state index is -0.0484. The molecule has 0 aliphatic carbocycles. The molecule has 0 amide bonds. The highest BCUT2D eigenvalue weighted by molar-refractivity contribution is 7.17. The zero-order valence-corrected chi connectivity index (χ0v) is 17.4. The van der Waals surface area contributed by atoms with E-state index in [0.717, 1.165) is 66.1 Å². The van der Waals surface area contributed by atoms with Crippen LogP contribution < -0.4 is 4.74 Å². The van der Waals surface area contributed by atoms with Gasteiger partial charge >= 0.3 is 0 Å². The van der Waals surface area contributed by atoms with Crippen molar-refractivity contribution in [2.75, 3.05) is 39.8 Å². The fraction of sp³-hybridized carbons (Fsp3) is 0.500. The van der Waals surface area contributed by atoms with Crippen LogP contribution in [0, 0.1) is 0 Å². The summed E-state index contributed by atoms with van der Waals surface area (Å²) in [7, 11) is 1.68. The second-order valence-corrected chi connectivity index (χ2v) is 8.02. The molecule has 0 saturated carbocycles. The van der Waals surface area contributed by atoms with E-state index < -0.39 is 0 Å². The lowest BCUT2D eigenvalue weighted by Crippen LogP contribution is -2.47. The van der Waals surface area contributed by atoms with Gasteiger partial charge in [-0.1, -0.05) is 37.3 Å². The van der Waals surface area contributed by atoms with Crippen LogP contribution in [0.15, 0.2) is 24.3 Å². The quantitative estimate of drug-likeness (QED) is 0.685. The Morgan fingerprint density at radius 1 is 1.21 bits per heavy atom. The van der Waals surface area contributed by atoms with Crippen molar-refractivity contribution in [1.29, 1.82) is 0 Å². The van der Waals surface area contributed by atoms with Crippen molar-refractivity contribution in [3.8, 4) is 11.6 Å². The van der Waals surface area contributed by atoms with E-state index >= 15 is 0 Å². The van der Waals surface area contributed by atoms with Gasteiger partial charge in [0.2, 0.25) is 10.8 Å². The van der Waals surface area contributed by atoms with Gasteiger partial charge in [-0.05, 0) is 24.2 Å². The average molecular weight is 402 g/mol. The van der Waals surface area contributed by atoms with Crippen molar-refractivity contribution in [2.45, 2.75) is 26.3 Å². The fourth-order valence-corrected chi connectivity index (χ4v) is 4.93. The maximum Gasteiger partial charge on any atom is 0.230 e. The highest BCUT2D eigenvalue weighted by atomic mass is 32.1. The van der Waals surface area contributed by atoms with Crippen molar-refractivity contribution in [3.05, 3.63) is 40.5 Å². The molecule has 1 aromatic carbocycles. The molecule has 150 valence electrons. The molecule has 2 aromatic heterocycles. The smallest absolute Gasteiger partial charge is 0.230 e. The van der Waals surface area contributed by atoms with Gasteiger partial charge in [0.15, 0.2) is 5.82 Å². The molecule has 4 rings (SSSR count). The first-order valence-electron chi connectivity index (χ1n) is 9.82. The Morgan fingerprint density at radius 2 is 2.00 bits per heavy atom. The Morgan fingerprint density at radius 3 is 2.64 bits per heavy atom. The van der Waals surface area contributed by atoms with Crippen LogP contribution in [0.2, 0.25) is 0 Å². The third-order valence-corrected chi connectivity index (χ3v) is 6.51. The van der Waals surface area contributed by atoms with E-state index in [0.29, 0.717) is 0 Å². The number of fused-ring (bicyclic) bond motifs is 1. The lowest BCUT2D eigenvalue weighted by molar-refractivity contribution is 0.113. The van der Waals surface area contributed by atoms with E-state index in [9.17, 15) is 5.11 Å². The van der Waals surface area contributed by atoms with Crippen LogP contribution in [0.3, 0.4) is 0 Å². The standard InChI is InChI=1S/C20H27N5O2S/c1-4-16-21-20-25(22-16)19(26)18(28-20)17(14-7-6-8-15(13-14)27-3)24-11-9-23(5-2)10-12-24/h6-8,13,17,26H,4-5,9-12H2,1-3H3/t17-/m1/s1. The number of methoxy groups -OCH3 is 1. The number of aryl methyl sites for hydroxylation is 1. The molecule has 28 heavy (non-hydrogen) atoms. The maximum absolute atomic E-state index is 11.0. The molecular formula is C20H27N5O2S. The molecule has 0 unspecified atom stereocenters. The summed E-state index contributed by atoms with van der Waals surface area (Å²) in [6, 6.07) is 8.07. The molecule has 1 N–H and O–H groups in total. The molecule has 0 spiro atoms. The molecule has 3 aromatic rings. The summed E-state index contributed by atoms with van der Waals surface area (Å²) in [4.78, 5) is 11.1. The van der Waals surface area contributed by atoms with Gasteiger partial charge in [0.1, 0.15) is 5.75 Å².